The lowest BCUT2D eigenvalue weighted by atomic mass is 10.0. The molecule has 2 amide bonds. The van der Waals surface area contributed by atoms with Gasteiger partial charge in [0.1, 0.15) is 0 Å². The molecule has 20 heavy (non-hydrogen) atoms. The van der Waals surface area contributed by atoms with Gasteiger partial charge in [-0.15, -0.1) is 12.4 Å². The summed E-state index contributed by atoms with van der Waals surface area (Å²) in [5, 5.41) is 2.72. The van der Waals surface area contributed by atoms with E-state index < -0.39 is 6.04 Å². The zero-order valence-corrected chi connectivity index (χ0v) is 12.8. The molecular formula is C14H22ClN3O2. The molecule has 5 nitrogen and oxygen atoms in total. The lowest BCUT2D eigenvalue weighted by molar-refractivity contribution is -0.135. The molecule has 3 N–H and O–H groups in total. The van der Waals surface area contributed by atoms with Crippen molar-refractivity contribution < 1.29 is 9.59 Å². The highest BCUT2D eigenvalue weighted by Crippen LogP contribution is 2.06. The molecule has 1 aromatic carbocycles. The highest BCUT2D eigenvalue weighted by molar-refractivity contribution is 5.95. The van der Waals surface area contributed by atoms with Gasteiger partial charge in [0.2, 0.25) is 11.8 Å². The summed E-state index contributed by atoms with van der Waals surface area (Å²) < 4.78 is 0. The molecule has 1 rings (SSSR count). The third-order valence-corrected chi connectivity index (χ3v) is 2.82. The van der Waals surface area contributed by atoms with Crippen molar-refractivity contribution in [3.05, 3.63) is 30.3 Å². The monoisotopic (exact) mass is 299 g/mol. The first kappa shape index (κ1) is 18.4. The van der Waals surface area contributed by atoms with Crippen LogP contribution in [0.25, 0.3) is 0 Å². The van der Waals surface area contributed by atoms with Gasteiger partial charge in [-0.25, -0.2) is 0 Å². The number of nitrogens with zero attached hydrogens (tertiary/aromatic N) is 1. The van der Waals surface area contributed by atoms with E-state index in [0.717, 1.165) is 0 Å². The van der Waals surface area contributed by atoms with Gasteiger partial charge in [-0.05, 0) is 18.1 Å². The number of carbonyl (C=O) groups is 2. The Morgan fingerprint density at radius 1 is 1.25 bits per heavy atom. The van der Waals surface area contributed by atoms with E-state index in [1.165, 1.54) is 4.90 Å². The molecule has 0 fully saturated rings. The fourth-order valence-electron chi connectivity index (χ4n) is 1.55. The van der Waals surface area contributed by atoms with E-state index in [2.05, 4.69) is 5.32 Å². The van der Waals surface area contributed by atoms with Crippen molar-refractivity contribution >= 4 is 29.9 Å². The van der Waals surface area contributed by atoms with Crippen molar-refractivity contribution in [1.82, 2.24) is 4.90 Å². The van der Waals surface area contributed by atoms with E-state index in [4.69, 9.17) is 5.73 Å². The van der Waals surface area contributed by atoms with E-state index in [9.17, 15) is 9.59 Å². The Bertz CT molecular complexity index is 437. The number of nitrogens with one attached hydrogen (secondary N) is 1. The normalized spacial score (nSPS) is 11.4. The summed E-state index contributed by atoms with van der Waals surface area (Å²) in [6.07, 6.45) is 0. The van der Waals surface area contributed by atoms with Crippen LogP contribution in [0, 0.1) is 5.92 Å². The summed E-state index contributed by atoms with van der Waals surface area (Å²) in [5.41, 5.74) is 6.48. The van der Waals surface area contributed by atoms with Crippen molar-refractivity contribution in [2.45, 2.75) is 19.9 Å². The number of halogens is 1. The molecule has 0 aliphatic heterocycles. The van der Waals surface area contributed by atoms with E-state index in [1.54, 1.807) is 19.2 Å². The Balaban J connectivity index is 0.00000361. The zero-order valence-electron chi connectivity index (χ0n) is 12.0. The summed E-state index contributed by atoms with van der Waals surface area (Å²) in [6.45, 7) is 3.75. The fraction of sp³-hybridized carbons (Fsp3) is 0.429. The van der Waals surface area contributed by atoms with Crippen LogP contribution in [-0.4, -0.2) is 36.3 Å². The van der Waals surface area contributed by atoms with Crippen LogP contribution in [0.1, 0.15) is 13.8 Å². The first-order valence-corrected chi connectivity index (χ1v) is 6.27. The second-order valence-electron chi connectivity index (χ2n) is 4.88. The zero-order chi connectivity index (χ0) is 14.4. The number of amides is 2. The largest absolute Gasteiger partial charge is 0.335 e. The van der Waals surface area contributed by atoms with Crippen molar-refractivity contribution in [3.63, 3.8) is 0 Å². The molecule has 0 saturated heterocycles. The average Bonchev–Trinajstić information content (AvgIpc) is 2.37. The van der Waals surface area contributed by atoms with Crippen LogP contribution < -0.4 is 11.1 Å². The number of likely N-dealkylation sites (N-methyl/N-ethyl adjacent to an activating group) is 1. The molecule has 1 aromatic rings. The summed E-state index contributed by atoms with van der Waals surface area (Å²) >= 11 is 0. The predicted octanol–water partition coefficient (Wildman–Crippen LogP) is 1.49. The van der Waals surface area contributed by atoms with Gasteiger partial charge in [-0.2, -0.15) is 0 Å². The Hall–Kier alpha value is -1.59. The number of benzene rings is 1. The van der Waals surface area contributed by atoms with Crippen LogP contribution in [-0.2, 0) is 9.59 Å². The molecule has 0 bridgehead atoms. The van der Waals surface area contributed by atoms with Crippen molar-refractivity contribution in [2.24, 2.45) is 11.7 Å². The van der Waals surface area contributed by atoms with Crippen LogP contribution in [0.3, 0.4) is 0 Å². The minimum Gasteiger partial charge on any atom is -0.335 e. The van der Waals surface area contributed by atoms with E-state index in [0.29, 0.717) is 5.69 Å². The topological polar surface area (TPSA) is 75.4 Å². The molecule has 0 aliphatic rings. The lowest BCUT2D eigenvalue weighted by Gasteiger charge is -2.22. The quantitative estimate of drug-likeness (QED) is 0.865. The second-order valence-corrected chi connectivity index (χ2v) is 4.88. The van der Waals surface area contributed by atoms with Gasteiger partial charge in [-0.3, -0.25) is 9.59 Å². The highest BCUT2D eigenvalue weighted by atomic mass is 35.5. The van der Waals surface area contributed by atoms with Crippen LogP contribution in [0.4, 0.5) is 5.69 Å². The minimum atomic E-state index is -0.575. The Kier molecular flexibility index (Phi) is 7.87. The molecule has 0 unspecified atom stereocenters. The fourth-order valence-corrected chi connectivity index (χ4v) is 1.55. The molecule has 0 heterocycles. The number of carbonyl (C=O) groups excluding carboxylic acids is 2. The number of rotatable bonds is 5. The van der Waals surface area contributed by atoms with Crippen molar-refractivity contribution in [2.75, 3.05) is 18.9 Å². The first-order chi connectivity index (χ1) is 8.91. The smallest absolute Gasteiger partial charge is 0.243 e. The Labute approximate surface area is 125 Å². The maximum Gasteiger partial charge on any atom is 0.243 e. The number of anilines is 1. The number of hydrogen-bond acceptors (Lipinski definition) is 3. The second kappa shape index (κ2) is 8.55. The third-order valence-electron chi connectivity index (χ3n) is 2.82. The molecule has 1 atom stereocenters. The van der Waals surface area contributed by atoms with E-state index in [-0.39, 0.29) is 36.7 Å². The Morgan fingerprint density at radius 3 is 2.30 bits per heavy atom. The summed E-state index contributed by atoms with van der Waals surface area (Å²) in [7, 11) is 1.58. The maximum atomic E-state index is 11.9. The Morgan fingerprint density at radius 2 is 1.80 bits per heavy atom. The molecule has 0 aromatic heterocycles. The van der Waals surface area contributed by atoms with E-state index >= 15 is 0 Å². The summed E-state index contributed by atoms with van der Waals surface area (Å²) in [5.74, 6) is -0.414. The molecular weight excluding hydrogens is 278 g/mol. The summed E-state index contributed by atoms with van der Waals surface area (Å²) in [6, 6.07) is 8.54. The molecule has 6 heteroatoms. The SMILES string of the molecule is CC(C)[C@@H](N)C(=O)N(C)CC(=O)Nc1ccccc1.Cl. The van der Waals surface area contributed by atoms with Crippen LogP contribution in [0.5, 0.6) is 0 Å². The third kappa shape index (κ3) is 5.59. The molecule has 0 saturated carbocycles. The van der Waals surface area contributed by atoms with Gasteiger partial charge in [0.25, 0.3) is 0 Å². The van der Waals surface area contributed by atoms with Crippen LogP contribution in [0.15, 0.2) is 30.3 Å². The van der Waals surface area contributed by atoms with E-state index in [1.807, 2.05) is 32.0 Å². The number of nitrogens with two attached hydrogens (primary N) is 1. The van der Waals surface area contributed by atoms with Gasteiger partial charge in [0.05, 0.1) is 12.6 Å². The molecule has 0 spiro atoms. The van der Waals surface area contributed by atoms with Crippen molar-refractivity contribution in [3.8, 4) is 0 Å². The molecule has 112 valence electrons. The molecule has 0 radical (unpaired) electrons. The maximum absolute atomic E-state index is 11.9. The van der Waals surface area contributed by atoms with Gasteiger partial charge in [0, 0.05) is 12.7 Å². The highest BCUT2D eigenvalue weighted by Gasteiger charge is 2.22. The van der Waals surface area contributed by atoms with Gasteiger partial charge < -0.3 is 16.0 Å². The standard InChI is InChI=1S/C14H21N3O2.ClH/c1-10(2)13(15)14(19)17(3)9-12(18)16-11-7-5-4-6-8-11;/h4-8,10,13H,9,15H2,1-3H3,(H,16,18);1H/t13-;/m1./s1. The van der Waals surface area contributed by atoms with Gasteiger partial charge >= 0.3 is 0 Å². The summed E-state index contributed by atoms with van der Waals surface area (Å²) in [4.78, 5) is 25.0. The first-order valence-electron chi connectivity index (χ1n) is 6.27. The average molecular weight is 300 g/mol. The number of hydrogen-bond donors (Lipinski definition) is 2. The minimum absolute atomic E-state index is 0. The van der Waals surface area contributed by atoms with Crippen molar-refractivity contribution in [1.29, 1.82) is 0 Å². The lowest BCUT2D eigenvalue weighted by Crippen LogP contribution is -2.47. The van der Waals surface area contributed by atoms with Crippen LogP contribution >= 0.6 is 12.4 Å². The van der Waals surface area contributed by atoms with Gasteiger partial charge in [0.15, 0.2) is 0 Å². The molecule has 0 aliphatic carbocycles. The van der Waals surface area contributed by atoms with Gasteiger partial charge in [-0.1, -0.05) is 32.0 Å². The predicted molar refractivity (Wildman–Crippen MR) is 82.8 cm³/mol. The number of para-hydroxylation sites is 1. The van der Waals surface area contributed by atoms with Crippen LogP contribution in [0.2, 0.25) is 0 Å².